The highest BCUT2D eigenvalue weighted by Crippen LogP contribution is 2.30. The van der Waals surface area contributed by atoms with Gasteiger partial charge < -0.3 is 0 Å². The molecule has 6 aromatic carbocycles. The standard InChI is InChI=1S/C20H16F2.C20H14FNS/c1-13-3-5-15(6-4-13)16-7-9-17(10-8-16)18-11-19(21)14(2)20(22)12-18;1-14-2-4-16(5-3-14)19-11-8-17(12-20(19)21)15-6-9-18(10-7-15)22-13-23/h3-12H,1-2H3;2-12H,1H3. The summed E-state index contributed by atoms with van der Waals surface area (Å²) in [7, 11) is 0. The second kappa shape index (κ2) is 14.1. The van der Waals surface area contributed by atoms with Crippen LogP contribution in [0.5, 0.6) is 0 Å². The Kier molecular flexibility index (Phi) is 9.84. The molecule has 0 unspecified atom stereocenters. The highest BCUT2D eigenvalue weighted by molar-refractivity contribution is 7.78. The van der Waals surface area contributed by atoms with Gasteiger partial charge in [-0.3, -0.25) is 0 Å². The number of halogens is 3. The Balaban J connectivity index is 0.000000178. The molecule has 0 amide bonds. The first-order valence-corrected chi connectivity index (χ1v) is 14.8. The van der Waals surface area contributed by atoms with Gasteiger partial charge in [0.1, 0.15) is 17.5 Å². The van der Waals surface area contributed by atoms with Gasteiger partial charge in [-0.2, -0.15) is 4.99 Å². The highest BCUT2D eigenvalue weighted by Gasteiger charge is 2.09. The number of hydrogen-bond acceptors (Lipinski definition) is 2. The summed E-state index contributed by atoms with van der Waals surface area (Å²) in [4.78, 5) is 3.91. The van der Waals surface area contributed by atoms with E-state index >= 15 is 0 Å². The topological polar surface area (TPSA) is 12.4 Å². The third-order valence-electron chi connectivity index (χ3n) is 7.59. The van der Waals surface area contributed by atoms with Crippen molar-refractivity contribution >= 4 is 23.1 Å². The first-order chi connectivity index (χ1) is 21.7. The molecule has 0 fully saturated rings. The number of aliphatic imine (C=N–C) groups is 1. The van der Waals surface area contributed by atoms with Crippen LogP contribution in [0.1, 0.15) is 16.7 Å². The summed E-state index contributed by atoms with van der Waals surface area (Å²) in [6, 6.07) is 39.3. The van der Waals surface area contributed by atoms with Crippen molar-refractivity contribution < 1.29 is 13.2 Å². The molecule has 6 rings (SSSR count). The lowest BCUT2D eigenvalue weighted by Gasteiger charge is -2.07. The lowest BCUT2D eigenvalue weighted by Crippen LogP contribution is -1.90. The molecule has 0 radical (unpaired) electrons. The number of nitrogens with zero attached hydrogens (tertiary/aromatic N) is 1. The number of benzene rings is 6. The molecule has 1 nitrogen and oxygen atoms in total. The van der Waals surface area contributed by atoms with Crippen molar-refractivity contribution in [2.45, 2.75) is 20.8 Å². The molecule has 0 spiro atoms. The van der Waals surface area contributed by atoms with E-state index in [1.807, 2.05) is 98.8 Å². The van der Waals surface area contributed by atoms with Crippen molar-refractivity contribution in [2.75, 3.05) is 0 Å². The third kappa shape index (κ3) is 7.71. The smallest absolute Gasteiger partial charge is 0.131 e. The van der Waals surface area contributed by atoms with Crippen LogP contribution in [0.2, 0.25) is 0 Å². The summed E-state index contributed by atoms with van der Waals surface area (Å²) in [5.41, 5.74) is 9.97. The SMILES string of the molecule is Cc1ccc(-c2ccc(-c3cc(F)c(C)c(F)c3)cc2)cc1.Cc1ccc(-c2ccc(-c3ccc(N=C=S)cc3)cc2F)cc1. The van der Waals surface area contributed by atoms with Crippen LogP contribution in [0.25, 0.3) is 44.5 Å². The Morgan fingerprint density at radius 2 is 0.822 bits per heavy atom. The minimum atomic E-state index is -0.516. The molecule has 0 aliphatic carbocycles. The first-order valence-electron chi connectivity index (χ1n) is 14.4. The second-order valence-electron chi connectivity index (χ2n) is 10.8. The molecule has 0 saturated carbocycles. The fourth-order valence-electron chi connectivity index (χ4n) is 4.86. The molecule has 6 aromatic rings. The van der Waals surface area contributed by atoms with Gasteiger partial charge in [0.15, 0.2) is 0 Å². The van der Waals surface area contributed by atoms with Crippen LogP contribution < -0.4 is 0 Å². The summed E-state index contributed by atoms with van der Waals surface area (Å²) in [6.45, 7) is 5.50. The fraction of sp³-hybridized carbons (Fsp3) is 0.0750. The Labute approximate surface area is 267 Å². The van der Waals surface area contributed by atoms with E-state index in [2.05, 4.69) is 46.6 Å². The maximum Gasteiger partial charge on any atom is 0.131 e. The van der Waals surface area contributed by atoms with Gasteiger partial charge in [0, 0.05) is 11.1 Å². The normalized spacial score (nSPS) is 10.4. The van der Waals surface area contributed by atoms with Crippen molar-refractivity contribution in [3.8, 4) is 44.5 Å². The third-order valence-corrected chi connectivity index (χ3v) is 7.68. The van der Waals surface area contributed by atoms with E-state index in [-0.39, 0.29) is 11.4 Å². The molecule has 0 N–H and O–H groups in total. The second-order valence-corrected chi connectivity index (χ2v) is 11.0. The predicted octanol–water partition coefficient (Wildman–Crippen LogP) is 12.1. The molecule has 0 aliphatic heterocycles. The van der Waals surface area contributed by atoms with Gasteiger partial charge >= 0.3 is 0 Å². The number of isothiocyanates is 1. The monoisotopic (exact) mass is 613 g/mol. The Morgan fingerprint density at radius 1 is 0.444 bits per heavy atom. The quantitative estimate of drug-likeness (QED) is 0.139. The molecule has 5 heteroatoms. The Hall–Kier alpha value is -5.09. The number of hydrogen-bond donors (Lipinski definition) is 0. The van der Waals surface area contributed by atoms with Crippen LogP contribution in [0.4, 0.5) is 18.9 Å². The van der Waals surface area contributed by atoms with Crippen molar-refractivity contribution in [3.63, 3.8) is 0 Å². The molecule has 0 atom stereocenters. The molecular weight excluding hydrogens is 584 g/mol. The molecule has 0 aliphatic rings. The molecule has 0 heterocycles. The van der Waals surface area contributed by atoms with Crippen LogP contribution in [0.15, 0.2) is 132 Å². The van der Waals surface area contributed by atoms with Crippen LogP contribution in [0.3, 0.4) is 0 Å². The fourth-order valence-corrected chi connectivity index (χ4v) is 4.96. The van der Waals surface area contributed by atoms with E-state index in [1.54, 1.807) is 6.07 Å². The Bertz CT molecular complexity index is 1950. The number of aryl methyl sites for hydroxylation is 2. The van der Waals surface area contributed by atoms with E-state index in [4.69, 9.17) is 0 Å². The van der Waals surface area contributed by atoms with E-state index in [9.17, 15) is 13.2 Å². The van der Waals surface area contributed by atoms with Gasteiger partial charge in [-0.05, 0) is 102 Å². The van der Waals surface area contributed by atoms with Gasteiger partial charge in [-0.15, -0.1) is 0 Å². The van der Waals surface area contributed by atoms with Crippen molar-refractivity contribution in [1.29, 1.82) is 0 Å². The summed E-state index contributed by atoms with van der Waals surface area (Å²) < 4.78 is 41.8. The van der Waals surface area contributed by atoms with E-state index < -0.39 is 11.6 Å². The van der Waals surface area contributed by atoms with Gasteiger partial charge in [0.05, 0.1) is 10.8 Å². The summed E-state index contributed by atoms with van der Waals surface area (Å²) in [5, 5.41) is 2.33. The number of rotatable bonds is 5. The van der Waals surface area contributed by atoms with Crippen molar-refractivity contribution in [2.24, 2.45) is 4.99 Å². The average Bonchev–Trinajstić information content (AvgIpc) is 3.05. The maximum absolute atomic E-state index is 14.5. The van der Waals surface area contributed by atoms with Gasteiger partial charge in [-0.25, -0.2) is 13.2 Å². The molecule has 45 heavy (non-hydrogen) atoms. The lowest BCUT2D eigenvalue weighted by molar-refractivity contribution is 0.569. The number of thiocarbonyl (C=S) groups is 1. The minimum Gasteiger partial charge on any atom is -0.207 e. The largest absolute Gasteiger partial charge is 0.207 e. The first kappa shape index (κ1) is 31.3. The zero-order valence-corrected chi connectivity index (χ0v) is 25.9. The average molecular weight is 614 g/mol. The summed E-state index contributed by atoms with van der Waals surface area (Å²) >= 11 is 4.58. The molecular formula is C40H30F3NS. The van der Waals surface area contributed by atoms with E-state index in [0.717, 1.165) is 44.6 Å². The summed E-state index contributed by atoms with van der Waals surface area (Å²) in [5.74, 6) is -1.26. The summed E-state index contributed by atoms with van der Waals surface area (Å²) in [6.07, 6.45) is 0. The molecule has 0 saturated heterocycles. The van der Waals surface area contributed by atoms with E-state index in [0.29, 0.717) is 11.1 Å². The van der Waals surface area contributed by atoms with Gasteiger partial charge in [0.25, 0.3) is 0 Å². The van der Waals surface area contributed by atoms with Crippen LogP contribution in [-0.2, 0) is 0 Å². The van der Waals surface area contributed by atoms with Gasteiger partial charge in [0.2, 0.25) is 0 Å². The zero-order valence-electron chi connectivity index (χ0n) is 25.1. The van der Waals surface area contributed by atoms with Crippen molar-refractivity contribution in [3.05, 3.63) is 162 Å². The minimum absolute atomic E-state index is 0.0556. The maximum atomic E-state index is 14.5. The molecule has 0 aromatic heterocycles. The van der Waals surface area contributed by atoms with Gasteiger partial charge in [-0.1, -0.05) is 108 Å². The van der Waals surface area contributed by atoms with Crippen molar-refractivity contribution in [1.82, 2.24) is 0 Å². The zero-order chi connectivity index (χ0) is 31.9. The predicted molar refractivity (Wildman–Crippen MR) is 183 cm³/mol. The van der Waals surface area contributed by atoms with E-state index in [1.165, 1.54) is 24.6 Å². The van der Waals surface area contributed by atoms with Crippen LogP contribution >= 0.6 is 12.2 Å². The highest BCUT2D eigenvalue weighted by atomic mass is 32.1. The van der Waals surface area contributed by atoms with Crippen LogP contribution in [-0.4, -0.2) is 5.16 Å². The Morgan fingerprint density at radius 3 is 1.31 bits per heavy atom. The van der Waals surface area contributed by atoms with Crippen LogP contribution in [0, 0.1) is 38.2 Å². The molecule has 0 bridgehead atoms. The lowest BCUT2D eigenvalue weighted by atomic mass is 9.99. The molecule has 222 valence electrons.